The van der Waals surface area contributed by atoms with Gasteiger partial charge in [0, 0.05) is 23.7 Å². The smallest absolute Gasteiger partial charge is 0.231 e. The van der Waals surface area contributed by atoms with Crippen LogP contribution in [0.3, 0.4) is 0 Å². The summed E-state index contributed by atoms with van der Waals surface area (Å²) in [5.41, 5.74) is -0.355. The van der Waals surface area contributed by atoms with Crippen molar-refractivity contribution in [2.75, 3.05) is 0 Å². The van der Waals surface area contributed by atoms with Gasteiger partial charge in [0.05, 0.1) is 22.1 Å². The second-order valence-corrected chi connectivity index (χ2v) is 8.62. The van der Waals surface area contributed by atoms with Crippen LogP contribution in [0, 0.1) is 11.3 Å². The maximum absolute atomic E-state index is 12.6. The highest BCUT2D eigenvalue weighted by molar-refractivity contribution is 7.94. The zero-order chi connectivity index (χ0) is 18.5. The summed E-state index contributed by atoms with van der Waals surface area (Å²) in [4.78, 5) is 16.8. The van der Waals surface area contributed by atoms with E-state index in [4.69, 9.17) is 5.26 Å². The maximum atomic E-state index is 12.6. The molecule has 0 radical (unpaired) electrons. The van der Waals surface area contributed by atoms with Gasteiger partial charge in [0.2, 0.25) is 15.7 Å². The highest BCUT2D eigenvalue weighted by Crippen LogP contribution is 2.25. The molecular weight excluding hydrogens is 338 g/mol. The second-order valence-electron chi connectivity index (χ2n) is 6.79. The van der Waals surface area contributed by atoms with Crippen LogP contribution in [-0.2, 0) is 20.0 Å². The van der Waals surface area contributed by atoms with Crippen molar-refractivity contribution in [1.82, 2.24) is 10.3 Å². The van der Waals surface area contributed by atoms with Gasteiger partial charge in [0.1, 0.15) is 0 Å². The van der Waals surface area contributed by atoms with E-state index >= 15 is 0 Å². The number of nitrogens with one attached hydrogen (secondary N) is 1. The Morgan fingerprint density at radius 3 is 2.56 bits per heavy atom. The number of aromatic nitrogens is 1. The third kappa shape index (κ3) is 4.67. The third-order valence-electron chi connectivity index (χ3n) is 4.54. The van der Waals surface area contributed by atoms with Crippen molar-refractivity contribution in [2.45, 2.75) is 62.3 Å². The van der Waals surface area contributed by atoms with E-state index in [0.29, 0.717) is 5.69 Å². The zero-order valence-electron chi connectivity index (χ0n) is 14.5. The zero-order valence-corrected chi connectivity index (χ0v) is 15.3. The van der Waals surface area contributed by atoms with Crippen LogP contribution in [-0.4, -0.2) is 25.4 Å². The molecule has 1 saturated carbocycles. The number of nitriles is 1. The Balaban J connectivity index is 2.15. The molecule has 0 saturated heterocycles. The highest BCUT2D eigenvalue weighted by atomic mass is 32.2. The number of hydrogen-bond donors (Lipinski definition) is 1. The highest BCUT2D eigenvalue weighted by Gasteiger charge is 2.33. The van der Waals surface area contributed by atoms with E-state index in [0.717, 1.165) is 37.2 Å². The molecule has 1 aliphatic carbocycles. The van der Waals surface area contributed by atoms with Gasteiger partial charge in [0.25, 0.3) is 0 Å². The van der Waals surface area contributed by atoms with E-state index in [1.807, 2.05) is 0 Å². The minimum absolute atomic E-state index is 0.00811. The quantitative estimate of drug-likeness (QED) is 0.813. The first-order valence-corrected chi connectivity index (χ1v) is 9.91. The topological polar surface area (TPSA) is 99.9 Å². The number of sulfone groups is 1. The van der Waals surface area contributed by atoms with E-state index in [2.05, 4.69) is 10.3 Å². The minimum Gasteiger partial charge on any atom is -0.353 e. The van der Waals surface area contributed by atoms with Crippen LogP contribution in [0.1, 0.15) is 51.6 Å². The van der Waals surface area contributed by atoms with E-state index < -0.39 is 15.3 Å². The van der Waals surface area contributed by atoms with Crippen molar-refractivity contribution < 1.29 is 13.2 Å². The number of nitrogens with zero attached hydrogens (tertiary/aromatic N) is 2. The molecule has 1 aliphatic rings. The van der Waals surface area contributed by atoms with Gasteiger partial charge >= 0.3 is 0 Å². The summed E-state index contributed by atoms with van der Waals surface area (Å²) >= 11 is 0. The molecule has 1 amide bonds. The van der Waals surface area contributed by atoms with Crippen LogP contribution in [0.15, 0.2) is 34.7 Å². The Bertz CT molecular complexity index is 784. The van der Waals surface area contributed by atoms with Gasteiger partial charge in [-0.2, -0.15) is 5.26 Å². The average molecular weight is 361 g/mol. The van der Waals surface area contributed by atoms with Crippen molar-refractivity contribution in [3.63, 3.8) is 0 Å². The van der Waals surface area contributed by atoms with Gasteiger partial charge in [-0.15, -0.1) is 0 Å². The van der Waals surface area contributed by atoms with Crippen molar-refractivity contribution in [1.29, 1.82) is 5.26 Å². The Labute approximate surface area is 148 Å². The normalized spacial score (nSPS) is 16.5. The fourth-order valence-electron chi connectivity index (χ4n) is 2.85. The van der Waals surface area contributed by atoms with E-state index in [1.54, 1.807) is 26.0 Å². The molecule has 2 rings (SSSR count). The molecule has 1 fully saturated rings. The summed E-state index contributed by atoms with van der Waals surface area (Å²) in [6, 6.07) is 4.82. The fourth-order valence-corrected chi connectivity index (χ4v) is 3.70. The summed E-state index contributed by atoms with van der Waals surface area (Å²) in [6.07, 6.45) is 7.61. The number of allylic oxidation sites excluding steroid dienone is 1. The van der Waals surface area contributed by atoms with Crippen LogP contribution in [0.5, 0.6) is 0 Å². The molecule has 0 spiro atoms. The van der Waals surface area contributed by atoms with Crippen LogP contribution in [0.4, 0.5) is 0 Å². The van der Waals surface area contributed by atoms with E-state index in [1.165, 1.54) is 18.7 Å². The number of pyridine rings is 1. The van der Waals surface area contributed by atoms with E-state index in [-0.39, 0.29) is 16.8 Å². The average Bonchev–Trinajstić information content (AvgIpc) is 2.61. The predicted molar refractivity (Wildman–Crippen MR) is 94.2 cm³/mol. The number of carbonyl (C=O) groups is 1. The SMILES string of the molecule is CC(C)(C(=O)NC1CCCCC1)c1ccc(S(=O)(=O)C=CC#N)cn1. The number of carbonyl (C=O) groups excluding carboxylic acids is 1. The number of hydrogen-bond acceptors (Lipinski definition) is 5. The van der Waals surface area contributed by atoms with Crippen LogP contribution < -0.4 is 5.32 Å². The summed E-state index contributed by atoms with van der Waals surface area (Å²) in [5.74, 6) is -0.105. The summed E-state index contributed by atoms with van der Waals surface area (Å²) in [6.45, 7) is 3.55. The minimum atomic E-state index is -3.69. The van der Waals surface area contributed by atoms with Gasteiger partial charge in [-0.1, -0.05) is 19.3 Å². The molecule has 0 aliphatic heterocycles. The lowest BCUT2D eigenvalue weighted by Gasteiger charge is -2.29. The lowest BCUT2D eigenvalue weighted by molar-refractivity contribution is -0.126. The molecule has 0 unspecified atom stereocenters. The Morgan fingerprint density at radius 1 is 1.32 bits per heavy atom. The molecule has 25 heavy (non-hydrogen) atoms. The lowest BCUT2D eigenvalue weighted by Crippen LogP contribution is -2.46. The molecular formula is C18H23N3O3S. The second kappa shape index (κ2) is 7.79. The molecule has 1 heterocycles. The molecule has 134 valence electrons. The molecule has 0 atom stereocenters. The van der Waals surface area contributed by atoms with Crippen molar-refractivity contribution in [3.05, 3.63) is 35.5 Å². The van der Waals surface area contributed by atoms with Gasteiger partial charge in [0.15, 0.2) is 0 Å². The van der Waals surface area contributed by atoms with Gasteiger partial charge in [-0.25, -0.2) is 8.42 Å². The summed E-state index contributed by atoms with van der Waals surface area (Å²) in [7, 11) is -3.69. The molecule has 1 aromatic rings. The van der Waals surface area contributed by atoms with Gasteiger partial charge in [-0.3, -0.25) is 9.78 Å². The summed E-state index contributed by atoms with van der Waals surface area (Å²) in [5, 5.41) is 12.4. The molecule has 1 N–H and O–H groups in total. The number of amides is 1. The first-order valence-electron chi connectivity index (χ1n) is 8.36. The molecule has 6 nitrogen and oxygen atoms in total. The molecule has 1 aromatic heterocycles. The van der Waals surface area contributed by atoms with Crippen LogP contribution >= 0.6 is 0 Å². The molecule has 7 heteroatoms. The Hall–Kier alpha value is -2.20. The summed E-state index contributed by atoms with van der Waals surface area (Å²) < 4.78 is 24.0. The standard InChI is InChI=1S/C18H23N3O3S/c1-18(2,17(22)21-14-7-4-3-5-8-14)16-10-9-15(13-20-16)25(23,24)12-6-11-19/h6,9-10,12-14H,3-5,7-8H2,1-2H3,(H,21,22). The van der Waals surface area contributed by atoms with Crippen LogP contribution in [0.2, 0.25) is 0 Å². The molecule has 0 aromatic carbocycles. The van der Waals surface area contributed by atoms with Crippen LogP contribution in [0.25, 0.3) is 0 Å². The van der Waals surface area contributed by atoms with Crippen molar-refractivity contribution in [2.24, 2.45) is 0 Å². The fraction of sp³-hybridized carbons (Fsp3) is 0.500. The number of rotatable bonds is 5. The predicted octanol–water partition coefficient (Wildman–Crippen LogP) is 2.62. The van der Waals surface area contributed by atoms with Gasteiger partial charge in [-0.05, 0) is 38.8 Å². The first-order chi connectivity index (χ1) is 11.8. The van der Waals surface area contributed by atoms with Gasteiger partial charge < -0.3 is 5.32 Å². The maximum Gasteiger partial charge on any atom is 0.231 e. The first kappa shape index (κ1) is 19.1. The molecule has 0 bridgehead atoms. The third-order valence-corrected chi connectivity index (χ3v) is 5.93. The van der Waals surface area contributed by atoms with Crippen molar-refractivity contribution >= 4 is 15.7 Å². The lowest BCUT2D eigenvalue weighted by atomic mass is 9.86. The Morgan fingerprint density at radius 2 is 2.00 bits per heavy atom. The monoisotopic (exact) mass is 361 g/mol. The van der Waals surface area contributed by atoms with Crippen molar-refractivity contribution in [3.8, 4) is 6.07 Å². The Kier molecular flexibility index (Phi) is 5.96. The largest absolute Gasteiger partial charge is 0.353 e. The van der Waals surface area contributed by atoms with E-state index in [9.17, 15) is 13.2 Å².